The summed E-state index contributed by atoms with van der Waals surface area (Å²) in [6.07, 6.45) is 2.88. The molecule has 2 N–H and O–H groups in total. The number of aromatic nitrogens is 2. The highest BCUT2D eigenvalue weighted by Crippen LogP contribution is 2.35. The van der Waals surface area contributed by atoms with Gasteiger partial charge >= 0.3 is 0 Å². The second-order valence-electron chi connectivity index (χ2n) is 5.77. The Kier molecular flexibility index (Phi) is 3.12. The summed E-state index contributed by atoms with van der Waals surface area (Å²) in [6, 6.07) is 10.4. The van der Waals surface area contributed by atoms with Gasteiger partial charge in [-0.25, -0.2) is 0 Å². The number of hydrogen-bond donors (Lipinski definition) is 2. The second kappa shape index (κ2) is 5.14. The van der Waals surface area contributed by atoms with Crippen LogP contribution < -0.4 is 10.1 Å². The highest BCUT2D eigenvalue weighted by molar-refractivity contribution is 5.86. The van der Waals surface area contributed by atoms with E-state index in [0.29, 0.717) is 0 Å². The summed E-state index contributed by atoms with van der Waals surface area (Å²) in [5.41, 5.74) is 6.08. The van der Waals surface area contributed by atoms with Crippen LogP contribution in [-0.2, 0) is 6.42 Å². The van der Waals surface area contributed by atoms with Crippen molar-refractivity contribution in [2.45, 2.75) is 19.4 Å². The van der Waals surface area contributed by atoms with E-state index in [-0.39, 0.29) is 6.04 Å². The van der Waals surface area contributed by atoms with Gasteiger partial charge in [0.1, 0.15) is 5.75 Å². The van der Waals surface area contributed by atoms with Crippen LogP contribution in [0.1, 0.15) is 28.6 Å². The zero-order valence-electron chi connectivity index (χ0n) is 12.8. The number of pyridine rings is 1. The van der Waals surface area contributed by atoms with E-state index in [1.807, 2.05) is 18.3 Å². The molecule has 1 aliphatic heterocycles. The van der Waals surface area contributed by atoms with Crippen LogP contribution in [0, 0.1) is 6.92 Å². The van der Waals surface area contributed by atoms with Crippen molar-refractivity contribution < 1.29 is 4.74 Å². The van der Waals surface area contributed by atoms with Crippen LogP contribution in [0.15, 0.2) is 36.5 Å². The normalized spacial score (nSPS) is 17.5. The first kappa shape index (κ1) is 13.3. The molecule has 0 saturated heterocycles. The van der Waals surface area contributed by atoms with Crippen molar-refractivity contribution in [1.82, 2.24) is 15.3 Å². The van der Waals surface area contributed by atoms with Gasteiger partial charge in [-0.2, -0.15) is 0 Å². The van der Waals surface area contributed by atoms with Crippen LogP contribution in [0.4, 0.5) is 0 Å². The van der Waals surface area contributed by atoms with Crippen molar-refractivity contribution in [2.24, 2.45) is 0 Å². The van der Waals surface area contributed by atoms with E-state index in [1.165, 1.54) is 22.2 Å². The summed E-state index contributed by atoms with van der Waals surface area (Å²) in [5.74, 6) is 0.901. The van der Waals surface area contributed by atoms with Crippen molar-refractivity contribution in [1.29, 1.82) is 0 Å². The second-order valence-corrected chi connectivity index (χ2v) is 5.77. The number of aryl methyl sites for hydroxylation is 1. The molecule has 22 heavy (non-hydrogen) atoms. The van der Waals surface area contributed by atoms with Crippen LogP contribution in [0.25, 0.3) is 10.9 Å². The van der Waals surface area contributed by atoms with Gasteiger partial charge in [0, 0.05) is 29.3 Å². The molecule has 4 rings (SSSR count). The third kappa shape index (κ3) is 1.99. The minimum Gasteiger partial charge on any atom is -0.497 e. The molecule has 2 aromatic heterocycles. The van der Waals surface area contributed by atoms with Crippen molar-refractivity contribution in [3.05, 3.63) is 59.0 Å². The minimum atomic E-state index is 0.128. The largest absolute Gasteiger partial charge is 0.497 e. The van der Waals surface area contributed by atoms with Crippen LogP contribution >= 0.6 is 0 Å². The molecule has 0 saturated carbocycles. The average Bonchev–Trinajstić information content (AvgIpc) is 2.93. The maximum atomic E-state index is 5.37. The van der Waals surface area contributed by atoms with Gasteiger partial charge in [-0.15, -0.1) is 0 Å². The first-order chi connectivity index (χ1) is 10.8. The molecule has 1 unspecified atom stereocenters. The number of nitrogens with one attached hydrogen (secondary N) is 2. The number of H-pyrrole nitrogens is 1. The van der Waals surface area contributed by atoms with Gasteiger partial charge in [0.25, 0.3) is 0 Å². The zero-order valence-corrected chi connectivity index (χ0v) is 12.8. The van der Waals surface area contributed by atoms with Crippen molar-refractivity contribution >= 4 is 10.9 Å². The molecular formula is C18H19N3O. The third-order valence-corrected chi connectivity index (χ3v) is 4.48. The summed E-state index contributed by atoms with van der Waals surface area (Å²) in [5, 5.41) is 4.86. The molecule has 112 valence electrons. The molecule has 0 amide bonds. The van der Waals surface area contributed by atoms with E-state index >= 15 is 0 Å². The lowest BCUT2D eigenvalue weighted by Gasteiger charge is -2.25. The summed E-state index contributed by atoms with van der Waals surface area (Å²) in [6.45, 7) is 3.07. The quantitative estimate of drug-likeness (QED) is 0.763. The lowest BCUT2D eigenvalue weighted by molar-refractivity contribution is 0.415. The van der Waals surface area contributed by atoms with Crippen molar-refractivity contribution in [3.8, 4) is 5.75 Å². The van der Waals surface area contributed by atoms with Gasteiger partial charge in [-0.1, -0.05) is 6.07 Å². The number of rotatable bonds is 2. The number of ether oxygens (including phenoxy) is 1. The highest BCUT2D eigenvalue weighted by atomic mass is 16.5. The summed E-state index contributed by atoms with van der Waals surface area (Å²) < 4.78 is 5.37. The Morgan fingerprint density at radius 2 is 2.18 bits per heavy atom. The summed E-state index contributed by atoms with van der Waals surface area (Å²) in [7, 11) is 1.71. The van der Waals surface area contributed by atoms with Crippen molar-refractivity contribution in [3.63, 3.8) is 0 Å². The van der Waals surface area contributed by atoms with Gasteiger partial charge in [0.05, 0.1) is 18.8 Å². The molecule has 4 heteroatoms. The number of fused-ring (bicyclic) bond motifs is 3. The SMILES string of the molecule is COc1ccc2[nH]c3c(c2c1)CCNC3c1ncccc1C. The lowest BCUT2D eigenvalue weighted by atomic mass is 9.95. The number of hydrogen-bond acceptors (Lipinski definition) is 3. The lowest BCUT2D eigenvalue weighted by Crippen LogP contribution is -2.31. The molecule has 4 nitrogen and oxygen atoms in total. The van der Waals surface area contributed by atoms with Crippen LogP contribution in [-0.4, -0.2) is 23.6 Å². The van der Waals surface area contributed by atoms with Crippen LogP contribution in [0.5, 0.6) is 5.75 Å². The van der Waals surface area contributed by atoms with E-state index in [9.17, 15) is 0 Å². The monoisotopic (exact) mass is 293 g/mol. The molecule has 1 aliphatic rings. The van der Waals surface area contributed by atoms with Crippen LogP contribution in [0.2, 0.25) is 0 Å². The first-order valence-corrected chi connectivity index (χ1v) is 7.61. The Labute approximate surface area is 129 Å². The van der Waals surface area contributed by atoms with E-state index in [1.54, 1.807) is 7.11 Å². The topological polar surface area (TPSA) is 49.9 Å². The maximum Gasteiger partial charge on any atom is 0.119 e. The van der Waals surface area contributed by atoms with Gasteiger partial charge < -0.3 is 15.0 Å². The number of benzene rings is 1. The number of aromatic amines is 1. The molecule has 0 fully saturated rings. The van der Waals surface area contributed by atoms with E-state index in [4.69, 9.17) is 4.74 Å². The Hall–Kier alpha value is -2.33. The molecule has 1 aromatic carbocycles. The molecule has 3 aromatic rings. The fourth-order valence-corrected chi connectivity index (χ4v) is 3.37. The molecule has 1 atom stereocenters. The predicted octanol–water partition coefficient (Wildman–Crippen LogP) is 3.12. The average molecular weight is 293 g/mol. The predicted molar refractivity (Wildman–Crippen MR) is 87.4 cm³/mol. The van der Waals surface area contributed by atoms with E-state index in [0.717, 1.165) is 29.9 Å². The third-order valence-electron chi connectivity index (χ3n) is 4.48. The Bertz CT molecular complexity index is 837. The van der Waals surface area contributed by atoms with E-state index < -0.39 is 0 Å². The van der Waals surface area contributed by atoms with Gasteiger partial charge in [-0.3, -0.25) is 4.98 Å². The molecule has 3 heterocycles. The molecule has 0 radical (unpaired) electrons. The highest BCUT2D eigenvalue weighted by Gasteiger charge is 2.27. The molecular weight excluding hydrogens is 274 g/mol. The fraction of sp³-hybridized carbons (Fsp3) is 0.278. The van der Waals surface area contributed by atoms with Gasteiger partial charge in [0.2, 0.25) is 0 Å². The zero-order chi connectivity index (χ0) is 15.1. The summed E-state index contributed by atoms with van der Waals surface area (Å²) in [4.78, 5) is 8.18. The Balaban J connectivity index is 1.90. The molecule has 0 bridgehead atoms. The van der Waals surface area contributed by atoms with Gasteiger partial charge in [-0.05, 0) is 48.7 Å². The van der Waals surface area contributed by atoms with Gasteiger partial charge in [0.15, 0.2) is 0 Å². The Morgan fingerprint density at radius 1 is 1.27 bits per heavy atom. The minimum absolute atomic E-state index is 0.128. The first-order valence-electron chi connectivity index (χ1n) is 7.61. The maximum absolute atomic E-state index is 5.37. The van der Waals surface area contributed by atoms with Crippen LogP contribution in [0.3, 0.4) is 0 Å². The number of methoxy groups -OCH3 is 1. The van der Waals surface area contributed by atoms with E-state index in [2.05, 4.69) is 40.4 Å². The molecule has 0 spiro atoms. The summed E-state index contributed by atoms with van der Waals surface area (Å²) >= 11 is 0. The standard InChI is InChI=1S/C18H19N3O/c1-11-4-3-8-19-16(11)18-17-13(7-9-20-18)14-10-12(22-2)5-6-15(14)21-17/h3-6,8,10,18,20-21H,7,9H2,1-2H3. The number of nitrogens with zero attached hydrogens (tertiary/aromatic N) is 1. The van der Waals surface area contributed by atoms with Crippen molar-refractivity contribution in [2.75, 3.05) is 13.7 Å². The smallest absolute Gasteiger partial charge is 0.119 e. The fourth-order valence-electron chi connectivity index (χ4n) is 3.37. The Morgan fingerprint density at radius 3 is 3.00 bits per heavy atom. The molecule has 0 aliphatic carbocycles.